The van der Waals surface area contributed by atoms with Crippen LogP contribution < -0.4 is 0 Å². The average molecular weight is 460 g/mol. The van der Waals surface area contributed by atoms with Gasteiger partial charge in [0.1, 0.15) is 0 Å². The number of hydrogen-bond acceptors (Lipinski definition) is 3. The normalized spacial score (nSPS) is 11.3. The molecule has 2 heterocycles. The summed E-state index contributed by atoms with van der Waals surface area (Å²) in [7, 11) is 0. The summed E-state index contributed by atoms with van der Waals surface area (Å²) in [4.78, 5) is 15.0. The van der Waals surface area contributed by atoms with Gasteiger partial charge in [-0.3, -0.25) is 4.98 Å². The molecule has 7 rings (SSSR count). The molecule has 5 aromatic carbocycles. The Morgan fingerprint density at radius 2 is 1.17 bits per heavy atom. The predicted molar refractivity (Wildman–Crippen MR) is 149 cm³/mol. The van der Waals surface area contributed by atoms with Gasteiger partial charge in [0.2, 0.25) is 0 Å². The quantitative estimate of drug-likeness (QED) is 0.267. The molecule has 3 heteroatoms. The lowest BCUT2D eigenvalue weighted by Gasteiger charge is -2.14. The highest BCUT2D eigenvalue weighted by atomic mass is 14.9. The van der Waals surface area contributed by atoms with Crippen molar-refractivity contribution in [2.75, 3.05) is 0 Å². The number of hydrogen-bond donors (Lipinski definition) is 0. The fourth-order valence-corrected chi connectivity index (χ4v) is 5.06. The molecule has 0 aliphatic heterocycles. The van der Waals surface area contributed by atoms with Crippen LogP contribution in [-0.4, -0.2) is 15.0 Å². The molecular weight excluding hydrogens is 438 g/mol. The van der Waals surface area contributed by atoms with Crippen LogP contribution in [0.5, 0.6) is 0 Å². The van der Waals surface area contributed by atoms with Gasteiger partial charge in [-0.1, -0.05) is 103 Å². The first kappa shape index (κ1) is 20.5. The molecule has 0 bridgehead atoms. The highest BCUT2D eigenvalue weighted by molar-refractivity contribution is 6.05. The molecule has 0 saturated carbocycles. The molecule has 168 valence electrons. The first-order valence-corrected chi connectivity index (χ1v) is 12.1. The lowest BCUT2D eigenvalue weighted by atomic mass is 9.97. The van der Waals surface area contributed by atoms with E-state index in [1.165, 1.54) is 10.8 Å². The molecule has 0 aliphatic rings. The third-order valence-corrected chi connectivity index (χ3v) is 6.74. The van der Waals surface area contributed by atoms with Gasteiger partial charge in [-0.25, -0.2) is 9.97 Å². The Morgan fingerprint density at radius 1 is 0.444 bits per heavy atom. The van der Waals surface area contributed by atoms with Gasteiger partial charge in [0, 0.05) is 28.1 Å². The van der Waals surface area contributed by atoms with E-state index >= 15 is 0 Å². The first-order chi connectivity index (χ1) is 17.9. The van der Waals surface area contributed by atoms with Crippen LogP contribution in [0.3, 0.4) is 0 Å². The Kier molecular flexibility index (Phi) is 4.78. The Labute approximate surface area is 208 Å². The minimum Gasteiger partial charge on any atom is -0.255 e. The minimum atomic E-state index is 0.681. The number of fused-ring (bicyclic) bond motifs is 3. The second-order valence-electron chi connectivity index (χ2n) is 8.87. The third kappa shape index (κ3) is 3.33. The van der Waals surface area contributed by atoms with Crippen LogP contribution in [0.15, 0.2) is 128 Å². The van der Waals surface area contributed by atoms with Gasteiger partial charge >= 0.3 is 0 Å². The van der Waals surface area contributed by atoms with Gasteiger partial charge in [0.25, 0.3) is 0 Å². The van der Waals surface area contributed by atoms with Crippen LogP contribution >= 0.6 is 0 Å². The molecule has 2 aromatic heterocycles. The highest BCUT2D eigenvalue weighted by Gasteiger charge is 2.17. The zero-order valence-corrected chi connectivity index (χ0v) is 19.5. The smallest absolute Gasteiger partial charge is 0.162 e. The molecule has 7 aromatic rings. The molecule has 0 amide bonds. The van der Waals surface area contributed by atoms with Crippen LogP contribution in [0.2, 0.25) is 0 Å². The maximum atomic E-state index is 5.19. The molecule has 3 nitrogen and oxygen atoms in total. The molecule has 0 atom stereocenters. The van der Waals surface area contributed by atoms with E-state index in [1.54, 1.807) is 0 Å². The van der Waals surface area contributed by atoms with E-state index < -0.39 is 0 Å². The van der Waals surface area contributed by atoms with E-state index in [1.807, 2.05) is 30.5 Å². The van der Waals surface area contributed by atoms with Crippen LogP contribution in [-0.2, 0) is 0 Å². The van der Waals surface area contributed by atoms with Crippen molar-refractivity contribution in [2.45, 2.75) is 0 Å². The number of aromatic nitrogens is 3. The molecule has 0 spiro atoms. The summed E-state index contributed by atoms with van der Waals surface area (Å²) in [6, 6.07) is 41.9. The number of rotatable bonds is 3. The lowest BCUT2D eigenvalue weighted by Crippen LogP contribution is -1.97. The molecule has 0 N–H and O–H groups in total. The third-order valence-electron chi connectivity index (χ3n) is 6.74. The Balaban J connectivity index is 1.52. The van der Waals surface area contributed by atoms with Gasteiger partial charge in [0.05, 0.1) is 16.7 Å². The van der Waals surface area contributed by atoms with Crippen molar-refractivity contribution in [3.8, 4) is 33.8 Å². The van der Waals surface area contributed by atoms with E-state index in [0.29, 0.717) is 5.82 Å². The van der Waals surface area contributed by atoms with E-state index in [4.69, 9.17) is 15.0 Å². The number of pyridine rings is 1. The Hall–Kier alpha value is -4.89. The average Bonchev–Trinajstić information content (AvgIpc) is 2.96. The Bertz CT molecular complexity index is 1890. The minimum absolute atomic E-state index is 0.681. The van der Waals surface area contributed by atoms with Crippen molar-refractivity contribution < 1.29 is 0 Å². The number of nitrogens with zero attached hydrogens (tertiary/aromatic N) is 3. The molecule has 0 unspecified atom stereocenters. The van der Waals surface area contributed by atoms with E-state index in [2.05, 4.69) is 97.1 Å². The summed E-state index contributed by atoms with van der Waals surface area (Å²) in [5.74, 6) is 0.681. The lowest BCUT2D eigenvalue weighted by molar-refractivity contribution is 1.23. The highest BCUT2D eigenvalue weighted by Crippen LogP contribution is 2.37. The molecule has 0 saturated heterocycles. The largest absolute Gasteiger partial charge is 0.255 e. The maximum absolute atomic E-state index is 5.19. The van der Waals surface area contributed by atoms with Gasteiger partial charge < -0.3 is 0 Å². The number of benzene rings is 5. The summed E-state index contributed by atoms with van der Waals surface area (Å²) < 4.78 is 0. The van der Waals surface area contributed by atoms with Gasteiger partial charge in [-0.15, -0.1) is 0 Å². The molecular formula is C33H21N3. The van der Waals surface area contributed by atoms with Crippen molar-refractivity contribution in [3.63, 3.8) is 0 Å². The molecule has 0 aliphatic carbocycles. The second-order valence-corrected chi connectivity index (χ2v) is 8.87. The molecule has 0 radical (unpaired) electrons. The monoisotopic (exact) mass is 459 g/mol. The van der Waals surface area contributed by atoms with E-state index in [9.17, 15) is 0 Å². The summed E-state index contributed by atoms with van der Waals surface area (Å²) in [5, 5.41) is 4.50. The zero-order valence-electron chi connectivity index (χ0n) is 19.5. The summed E-state index contributed by atoms with van der Waals surface area (Å²) in [5.41, 5.74) is 7.10. The molecule has 36 heavy (non-hydrogen) atoms. The van der Waals surface area contributed by atoms with Crippen molar-refractivity contribution in [2.24, 2.45) is 0 Å². The van der Waals surface area contributed by atoms with Crippen molar-refractivity contribution in [3.05, 3.63) is 128 Å². The summed E-state index contributed by atoms with van der Waals surface area (Å²) >= 11 is 0. The van der Waals surface area contributed by atoms with Gasteiger partial charge in [-0.2, -0.15) is 0 Å². The molecule has 0 fully saturated rings. The topological polar surface area (TPSA) is 38.7 Å². The van der Waals surface area contributed by atoms with Crippen LogP contribution in [0, 0.1) is 0 Å². The van der Waals surface area contributed by atoms with Crippen LogP contribution in [0.25, 0.3) is 66.4 Å². The standard InChI is InChI=1S/C33H21N3/c1-2-10-22(11-3-1)25-19-20-29(31-26(25)17-9-21-34-31)33-35-30-18-7-6-15-28(30)32(36-33)27-16-8-13-23-12-4-5-14-24(23)27/h1-21H. The van der Waals surface area contributed by atoms with Crippen molar-refractivity contribution >= 4 is 32.6 Å². The Morgan fingerprint density at radius 3 is 2.08 bits per heavy atom. The van der Waals surface area contributed by atoms with Gasteiger partial charge in [0.15, 0.2) is 5.82 Å². The summed E-state index contributed by atoms with van der Waals surface area (Å²) in [6.45, 7) is 0. The number of para-hydroxylation sites is 1. The fraction of sp³-hybridized carbons (Fsp3) is 0. The van der Waals surface area contributed by atoms with Crippen LogP contribution in [0.1, 0.15) is 0 Å². The predicted octanol–water partition coefficient (Wildman–Crippen LogP) is 8.33. The fourth-order valence-electron chi connectivity index (χ4n) is 5.06. The van der Waals surface area contributed by atoms with E-state index in [0.717, 1.165) is 49.8 Å². The summed E-state index contributed by atoms with van der Waals surface area (Å²) in [6.07, 6.45) is 1.84. The SMILES string of the molecule is c1ccc(-c2ccc(-c3nc(-c4cccc5ccccc45)c4ccccc4n3)c3ncccc23)cc1. The van der Waals surface area contributed by atoms with Gasteiger partial charge in [-0.05, 0) is 40.1 Å². The van der Waals surface area contributed by atoms with E-state index in [-0.39, 0.29) is 0 Å². The zero-order chi connectivity index (χ0) is 23.9. The maximum Gasteiger partial charge on any atom is 0.162 e. The first-order valence-electron chi connectivity index (χ1n) is 12.1. The van der Waals surface area contributed by atoms with Crippen molar-refractivity contribution in [1.82, 2.24) is 15.0 Å². The second kappa shape index (κ2) is 8.40. The van der Waals surface area contributed by atoms with Crippen LogP contribution in [0.4, 0.5) is 0 Å². The van der Waals surface area contributed by atoms with Crippen molar-refractivity contribution in [1.29, 1.82) is 0 Å².